The van der Waals surface area contributed by atoms with Gasteiger partial charge in [0, 0.05) is 35.7 Å². The highest BCUT2D eigenvalue weighted by Gasteiger charge is 2.25. The maximum atomic E-state index is 13.1. The van der Waals surface area contributed by atoms with Crippen LogP contribution >= 0.6 is 11.6 Å². The smallest absolute Gasteiger partial charge is 0.254 e. The molecule has 26 heavy (non-hydrogen) atoms. The zero-order valence-electron chi connectivity index (χ0n) is 15.7. The molecule has 1 aromatic heterocycles. The summed E-state index contributed by atoms with van der Waals surface area (Å²) in [5.74, 6) is 0.0505. The second-order valence-electron chi connectivity index (χ2n) is 7.14. The highest BCUT2D eigenvalue weighted by Crippen LogP contribution is 2.25. The Labute approximate surface area is 159 Å². The summed E-state index contributed by atoms with van der Waals surface area (Å²) in [4.78, 5) is 21.6. The molecule has 0 spiro atoms. The minimum atomic E-state index is 0.0505. The number of fused-ring (bicyclic) bond motifs is 1. The van der Waals surface area contributed by atoms with Crippen molar-refractivity contribution >= 4 is 28.4 Å². The molecule has 2 aromatic rings. The van der Waals surface area contributed by atoms with E-state index in [1.54, 1.807) is 6.07 Å². The van der Waals surface area contributed by atoms with Crippen molar-refractivity contribution < 1.29 is 9.53 Å². The Morgan fingerprint density at radius 1 is 1.31 bits per heavy atom. The number of nitrogens with zero attached hydrogens (tertiary/aromatic N) is 3. The van der Waals surface area contributed by atoms with E-state index >= 15 is 0 Å². The van der Waals surface area contributed by atoms with Crippen LogP contribution < -0.4 is 0 Å². The van der Waals surface area contributed by atoms with Gasteiger partial charge in [0.15, 0.2) is 0 Å². The Morgan fingerprint density at radius 2 is 2.04 bits per heavy atom. The number of aryl methyl sites for hydroxylation is 1. The highest BCUT2D eigenvalue weighted by molar-refractivity contribution is 6.31. The number of hydrogen-bond acceptors (Lipinski definition) is 4. The highest BCUT2D eigenvalue weighted by atomic mass is 35.5. The van der Waals surface area contributed by atoms with E-state index in [0.29, 0.717) is 10.6 Å². The molecule has 3 rings (SSSR count). The van der Waals surface area contributed by atoms with Gasteiger partial charge in [0.05, 0.1) is 23.8 Å². The van der Waals surface area contributed by atoms with Gasteiger partial charge < -0.3 is 14.5 Å². The van der Waals surface area contributed by atoms with E-state index in [9.17, 15) is 4.79 Å². The number of likely N-dealkylation sites (N-methyl/N-ethyl adjacent to an activating group) is 1. The molecule has 5 nitrogen and oxygen atoms in total. The van der Waals surface area contributed by atoms with Gasteiger partial charge in [0.1, 0.15) is 0 Å². The molecule has 1 aliphatic rings. The van der Waals surface area contributed by atoms with Crippen molar-refractivity contribution in [2.75, 3.05) is 40.3 Å². The van der Waals surface area contributed by atoms with Crippen LogP contribution in [0.25, 0.3) is 10.9 Å². The number of ether oxygens (including phenoxy) is 1. The van der Waals surface area contributed by atoms with E-state index in [-0.39, 0.29) is 12.0 Å². The van der Waals surface area contributed by atoms with Gasteiger partial charge in [-0.1, -0.05) is 11.6 Å². The van der Waals surface area contributed by atoms with Gasteiger partial charge in [-0.2, -0.15) is 0 Å². The molecule has 1 aliphatic heterocycles. The minimum Gasteiger partial charge on any atom is -0.377 e. The Morgan fingerprint density at radius 3 is 2.73 bits per heavy atom. The molecule has 140 valence electrons. The Balaban J connectivity index is 1.69. The van der Waals surface area contributed by atoms with Crippen molar-refractivity contribution in [3.63, 3.8) is 0 Å². The SMILES string of the molecule is Cc1cc(C(=O)N2CCC(OCCN(C)C)CC2)c2cc(Cl)ccc2n1. The third-order valence-corrected chi connectivity index (χ3v) is 4.99. The molecular weight excluding hydrogens is 350 g/mol. The summed E-state index contributed by atoms with van der Waals surface area (Å²) in [7, 11) is 4.08. The molecule has 2 heterocycles. The zero-order valence-corrected chi connectivity index (χ0v) is 16.4. The van der Waals surface area contributed by atoms with Crippen LogP contribution in [0.4, 0.5) is 0 Å². The molecule has 0 unspecified atom stereocenters. The zero-order chi connectivity index (χ0) is 18.7. The van der Waals surface area contributed by atoms with E-state index in [0.717, 1.165) is 55.7 Å². The molecule has 1 saturated heterocycles. The molecule has 1 amide bonds. The molecule has 0 bridgehead atoms. The number of aromatic nitrogens is 1. The monoisotopic (exact) mass is 375 g/mol. The van der Waals surface area contributed by atoms with Crippen LogP contribution in [0.1, 0.15) is 28.9 Å². The largest absolute Gasteiger partial charge is 0.377 e. The maximum absolute atomic E-state index is 13.1. The number of piperidine rings is 1. The first kappa shape index (κ1) is 19.1. The fourth-order valence-corrected chi connectivity index (χ4v) is 3.48. The fourth-order valence-electron chi connectivity index (χ4n) is 3.31. The number of likely N-dealkylation sites (tertiary alicyclic amines) is 1. The number of amides is 1. The Bertz CT molecular complexity index is 786. The van der Waals surface area contributed by atoms with Crippen LogP contribution in [-0.4, -0.2) is 67.1 Å². The van der Waals surface area contributed by atoms with E-state index in [2.05, 4.69) is 9.88 Å². The average Bonchev–Trinajstić information content (AvgIpc) is 2.61. The van der Waals surface area contributed by atoms with Crippen LogP contribution in [0.2, 0.25) is 5.02 Å². The lowest BCUT2D eigenvalue weighted by Crippen LogP contribution is -2.41. The number of hydrogen-bond donors (Lipinski definition) is 0. The van der Waals surface area contributed by atoms with Gasteiger partial charge >= 0.3 is 0 Å². The van der Waals surface area contributed by atoms with Crippen molar-refractivity contribution in [3.8, 4) is 0 Å². The molecule has 1 aromatic carbocycles. The van der Waals surface area contributed by atoms with Crippen molar-refractivity contribution in [2.24, 2.45) is 0 Å². The third-order valence-electron chi connectivity index (χ3n) is 4.75. The summed E-state index contributed by atoms with van der Waals surface area (Å²) < 4.78 is 5.93. The van der Waals surface area contributed by atoms with E-state index < -0.39 is 0 Å². The van der Waals surface area contributed by atoms with Crippen LogP contribution in [0.3, 0.4) is 0 Å². The van der Waals surface area contributed by atoms with Crippen LogP contribution in [0.15, 0.2) is 24.3 Å². The molecule has 0 saturated carbocycles. The van der Waals surface area contributed by atoms with Gasteiger partial charge in [-0.05, 0) is 58.1 Å². The molecule has 0 aliphatic carbocycles. The standard InChI is InChI=1S/C20H26ClN3O2/c1-14-12-18(17-13-15(21)4-5-19(17)22-14)20(25)24-8-6-16(7-9-24)26-11-10-23(2)3/h4-5,12-13,16H,6-11H2,1-3H3. The fraction of sp³-hybridized carbons (Fsp3) is 0.500. The van der Waals surface area contributed by atoms with Crippen molar-refractivity contribution in [1.82, 2.24) is 14.8 Å². The van der Waals surface area contributed by atoms with Gasteiger partial charge in [0.25, 0.3) is 5.91 Å². The maximum Gasteiger partial charge on any atom is 0.254 e. The predicted octanol–water partition coefficient (Wildman–Crippen LogP) is 3.38. The second-order valence-corrected chi connectivity index (χ2v) is 7.57. The summed E-state index contributed by atoms with van der Waals surface area (Å²) >= 11 is 6.14. The molecule has 0 radical (unpaired) electrons. The summed E-state index contributed by atoms with van der Waals surface area (Å²) in [6, 6.07) is 7.36. The molecule has 1 fully saturated rings. The van der Waals surface area contributed by atoms with Crippen molar-refractivity contribution in [3.05, 3.63) is 40.5 Å². The third kappa shape index (κ3) is 4.53. The van der Waals surface area contributed by atoms with Crippen LogP contribution in [0, 0.1) is 6.92 Å². The second kappa shape index (κ2) is 8.33. The van der Waals surface area contributed by atoms with E-state index in [1.165, 1.54) is 0 Å². The van der Waals surface area contributed by atoms with Crippen molar-refractivity contribution in [1.29, 1.82) is 0 Å². The Hall–Kier alpha value is -1.69. The average molecular weight is 376 g/mol. The number of rotatable bonds is 5. The van der Waals surface area contributed by atoms with Gasteiger partial charge in [-0.15, -0.1) is 0 Å². The molecule has 0 N–H and O–H groups in total. The van der Waals surface area contributed by atoms with Crippen LogP contribution in [-0.2, 0) is 4.74 Å². The van der Waals surface area contributed by atoms with Crippen molar-refractivity contribution in [2.45, 2.75) is 25.9 Å². The Kier molecular flexibility index (Phi) is 6.12. The first-order valence-electron chi connectivity index (χ1n) is 9.06. The number of pyridine rings is 1. The van der Waals surface area contributed by atoms with Gasteiger partial charge in [0.2, 0.25) is 0 Å². The molecule has 6 heteroatoms. The summed E-state index contributed by atoms with van der Waals surface area (Å²) in [6.07, 6.45) is 1.99. The first-order valence-corrected chi connectivity index (χ1v) is 9.44. The topological polar surface area (TPSA) is 45.7 Å². The number of benzene rings is 1. The number of halogens is 1. The van der Waals surface area contributed by atoms with E-state index in [4.69, 9.17) is 16.3 Å². The number of carbonyl (C=O) groups is 1. The van der Waals surface area contributed by atoms with Gasteiger partial charge in [-0.3, -0.25) is 9.78 Å². The quantitative estimate of drug-likeness (QED) is 0.803. The van der Waals surface area contributed by atoms with Crippen LogP contribution in [0.5, 0.6) is 0 Å². The molecule has 0 atom stereocenters. The predicted molar refractivity (Wildman–Crippen MR) is 105 cm³/mol. The van der Waals surface area contributed by atoms with E-state index in [1.807, 2.05) is 44.1 Å². The lowest BCUT2D eigenvalue weighted by molar-refractivity contribution is 0.00398. The normalized spacial score (nSPS) is 15.8. The lowest BCUT2D eigenvalue weighted by atomic mass is 10.0. The number of carbonyl (C=O) groups excluding carboxylic acids is 1. The minimum absolute atomic E-state index is 0.0505. The summed E-state index contributed by atoms with van der Waals surface area (Å²) in [6.45, 7) is 5.00. The summed E-state index contributed by atoms with van der Waals surface area (Å²) in [5, 5.41) is 1.43. The van der Waals surface area contributed by atoms with Gasteiger partial charge in [-0.25, -0.2) is 0 Å². The summed E-state index contributed by atoms with van der Waals surface area (Å²) in [5.41, 5.74) is 2.33. The first-order chi connectivity index (χ1) is 12.4. The lowest BCUT2D eigenvalue weighted by Gasteiger charge is -2.32. The molecular formula is C20H26ClN3O2.